The normalized spacial score (nSPS) is 13.8. The number of carboxylic acids is 1. The monoisotopic (exact) mass is 253 g/mol. The first-order valence-corrected chi connectivity index (χ1v) is 5.80. The van der Waals surface area contributed by atoms with Crippen molar-refractivity contribution in [2.75, 3.05) is 5.75 Å². The van der Waals surface area contributed by atoms with E-state index in [-0.39, 0.29) is 18.1 Å². The van der Waals surface area contributed by atoms with Crippen molar-refractivity contribution in [3.05, 3.63) is 35.9 Å². The van der Waals surface area contributed by atoms with Crippen molar-refractivity contribution in [2.24, 2.45) is 0 Å². The highest BCUT2D eigenvalue weighted by atomic mass is 32.1. The Balaban J connectivity index is 2.98. The van der Waals surface area contributed by atoms with Crippen molar-refractivity contribution >= 4 is 24.5 Å². The van der Waals surface area contributed by atoms with E-state index in [1.807, 2.05) is 30.3 Å². The molecule has 1 rings (SSSR count). The molecule has 0 radical (unpaired) electrons. The van der Waals surface area contributed by atoms with Crippen molar-refractivity contribution in [2.45, 2.75) is 18.9 Å². The minimum absolute atomic E-state index is 0.0385. The predicted octanol–water partition coefficient (Wildman–Crippen LogP) is 1.12. The van der Waals surface area contributed by atoms with Gasteiger partial charge in [-0.3, -0.25) is 4.79 Å². The molecule has 0 aliphatic carbocycles. The van der Waals surface area contributed by atoms with Crippen molar-refractivity contribution in [3.63, 3.8) is 0 Å². The summed E-state index contributed by atoms with van der Waals surface area (Å²) in [4.78, 5) is 22.4. The molecule has 0 saturated carbocycles. The van der Waals surface area contributed by atoms with Gasteiger partial charge in [-0.05, 0) is 5.56 Å². The Morgan fingerprint density at radius 2 is 1.94 bits per heavy atom. The number of nitrogens with one attached hydrogen (secondary N) is 1. The maximum absolute atomic E-state index is 11.3. The van der Waals surface area contributed by atoms with Gasteiger partial charge in [0, 0.05) is 19.1 Å². The molecule has 2 N–H and O–H groups in total. The van der Waals surface area contributed by atoms with Crippen LogP contribution in [0.4, 0.5) is 0 Å². The van der Waals surface area contributed by atoms with Gasteiger partial charge >= 0.3 is 5.97 Å². The molecule has 1 amide bonds. The lowest BCUT2D eigenvalue weighted by Crippen LogP contribution is -2.57. The number of hydrogen-bond acceptors (Lipinski definition) is 3. The van der Waals surface area contributed by atoms with Crippen molar-refractivity contribution in [3.8, 4) is 0 Å². The molecule has 0 aliphatic rings. The first-order valence-electron chi connectivity index (χ1n) is 5.17. The van der Waals surface area contributed by atoms with Gasteiger partial charge in [0.2, 0.25) is 5.91 Å². The lowest BCUT2D eigenvalue weighted by Gasteiger charge is -2.28. The first-order chi connectivity index (χ1) is 8.00. The van der Waals surface area contributed by atoms with Gasteiger partial charge in [0.25, 0.3) is 0 Å². The standard InChI is InChI=1S/C12H15NO3S/c1-9(14)13-12(8-17,11(15)16)7-10-5-3-2-4-6-10/h2-6,17H,7-8H2,1H3,(H,13,14)(H,15,16)/t12-/m0/s1. The summed E-state index contributed by atoms with van der Waals surface area (Å²) in [6.07, 6.45) is 0.215. The minimum Gasteiger partial charge on any atom is -0.479 e. The number of thiol groups is 1. The van der Waals surface area contributed by atoms with Crippen LogP contribution in [0.3, 0.4) is 0 Å². The first kappa shape index (κ1) is 13.6. The summed E-state index contributed by atoms with van der Waals surface area (Å²) in [5.74, 6) is -1.42. The zero-order valence-corrected chi connectivity index (χ0v) is 10.4. The van der Waals surface area contributed by atoms with Gasteiger partial charge < -0.3 is 10.4 Å². The fourth-order valence-corrected chi connectivity index (χ4v) is 1.94. The number of benzene rings is 1. The van der Waals surface area contributed by atoms with Crippen LogP contribution in [0.15, 0.2) is 30.3 Å². The van der Waals surface area contributed by atoms with Crippen LogP contribution in [-0.2, 0) is 16.0 Å². The lowest BCUT2D eigenvalue weighted by atomic mass is 9.92. The molecule has 1 aromatic rings. The quantitative estimate of drug-likeness (QED) is 0.689. The van der Waals surface area contributed by atoms with E-state index >= 15 is 0 Å². The molecule has 1 aromatic carbocycles. The third kappa shape index (κ3) is 3.49. The maximum atomic E-state index is 11.3. The van der Waals surface area contributed by atoms with E-state index < -0.39 is 11.5 Å². The molecule has 0 spiro atoms. The van der Waals surface area contributed by atoms with Crippen LogP contribution in [0.2, 0.25) is 0 Å². The molecule has 0 saturated heterocycles. The Kier molecular flexibility index (Phi) is 4.57. The van der Waals surface area contributed by atoms with Crippen LogP contribution >= 0.6 is 12.6 Å². The number of carbonyl (C=O) groups excluding carboxylic acids is 1. The molecule has 92 valence electrons. The molecule has 1 atom stereocenters. The molecule has 17 heavy (non-hydrogen) atoms. The van der Waals surface area contributed by atoms with Gasteiger partial charge in [0.15, 0.2) is 5.54 Å². The second kappa shape index (κ2) is 5.72. The molecule has 0 aromatic heterocycles. The van der Waals surface area contributed by atoms with Gasteiger partial charge in [-0.1, -0.05) is 30.3 Å². The smallest absolute Gasteiger partial charge is 0.330 e. The average molecular weight is 253 g/mol. The largest absolute Gasteiger partial charge is 0.479 e. The number of amides is 1. The maximum Gasteiger partial charge on any atom is 0.330 e. The third-order valence-corrected chi connectivity index (χ3v) is 2.98. The summed E-state index contributed by atoms with van der Waals surface area (Å²) in [7, 11) is 0. The van der Waals surface area contributed by atoms with E-state index in [0.717, 1.165) is 5.56 Å². The van der Waals surface area contributed by atoms with Crippen molar-refractivity contribution in [1.29, 1.82) is 0 Å². The Morgan fingerprint density at radius 3 is 2.35 bits per heavy atom. The van der Waals surface area contributed by atoms with E-state index in [1.165, 1.54) is 6.92 Å². The molecule has 0 unspecified atom stereocenters. The number of rotatable bonds is 5. The molecule has 0 aliphatic heterocycles. The Bertz CT molecular complexity index is 407. The van der Waals surface area contributed by atoms with Crippen LogP contribution in [0.5, 0.6) is 0 Å². The third-order valence-electron chi connectivity index (χ3n) is 2.44. The van der Waals surface area contributed by atoms with Gasteiger partial charge in [-0.2, -0.15) is 12.6 Å². The SMILES string of the molecule is CC(=O)N[C@](CS)(Cc1ccccc1)C(=O)O. The fourth-order valence-electron chi connectivity index (χ4n) is 1.62. The predicted molar refractivity (Wildman–Crippen MR) is 68.2 cm³/mol. The molecule has 0 heterocycles. The Morgan fingerprint density at radius 1 is 1.35 bits per heavy atom. The zero-order valence-electron chi connectivity index (χ0n) is 9.51. The number of hydrogen-bond donors (Lipinski definition) is 3. The average Bonchev–Trinajstić information content (AvgIpc) is 2.28. The molecular weight excluding hydrogens is 238 g/mol. The second-order valence-electron chi connectivity index (χ2n) is 3.89. The van der Waals surface area contributed by atoms with Crippen molar-refractivity contribution in [1.82, 2.24) is 5.32 Å². The molecule has 5 heteroatoms. The van der Waals surface area contributed by atoms with E-state index in [1.54, 1.807) is 0 Å². The fraction of sp³-hybridized carbons (Fsp3) is 0.333. The molecular formula is C12H15NO3S. The Labute approximate surface area is 105 Å². The Hall–Kier alpha value is -1.49. The highest BCUT2D eigenvalue weighted by Gasteiger charge is 2.38. The summed E-state index contributed by atoms with van der Waals surface area (Å²) >= 11 is 4.05. The van der Waals surface area contributed by atoms with E-state index in [0.29, 0.717) is 0 Å². The minimum atomic E-state index is -1.35. The number of carboxylic acid groups (broad SMARTS) is 1. The summed E-state index contributed by atoms with van der Waals surface area (Å²) in [5, 5.41) is 11.7. The highest BCUT2D eigenvalue weighted by Crippen LogP contribution is 2.16. The topological polar surface area (TPSA) is 66.4 Å². The van der Waals surface area contributed by atoms with Gasteiger partial charge in [0.05, 0.1) is 0 Å². The van der Waals surface area contributed by atoms with Gasteiger partial charge in [-0.15, -0.1) is 0 Å². The summed E-state index contributed by atoms with van der Waals surface area (Å²) in [6, 6.07) is 9.15. The van der Waals surface area contributed by atoms with Crippen LogP contribution in [0.25, 0.3) is 0 Å². The van der Waals surface area contributed by atoms with E-state index in [4.69, 9.17) is 0 Å². The van der Waals surface area contributed by atoms with Crippen LogP contribution < -0.4 is 5.32 Å². The molecule has 4 nitrogen and oxygen atoms in total. The molecule has 0 bridgehead atoms. The highest BCUT2D eigenvalue weighted by molar-refractivity contribution is 7.80. The van der Waals surface area contributed by atoms with Gasteiger partial charge in [0.1, 0.15) is 0 Å². The van der Waals surface area contributed by atoms with Crippen LogP contribution in [0, 0.1) is 0 Å². The van der Waals surface area contributed by atoms with Crippen molar-refractivity contribution < 1.29 is 14.7 Å². The number of carbonyl (C=O) groups is 2. The van der Waals surface area contributed by atoms with Crippen LogP contribution in [0.1, 0.15) is 12.5 Å². The summed E-state index contributed by atoms with van der Waals surface area (Å²) in [6.45, 7) is 1.30. The summed E-state index contributed by atoms with van der Waals surface area (Å²) in [5.41, 5.74) is -0.506. The van der Waals surface area contributed by atoms with E-state index in [2.05, 4.69) is 17.9 Å². The summed E-state index contributed by atoms with van der Waals surface area (Å²) < 4.78 is 0. The molecule has 0 fully saturated rings. The number of aliphatic carboxylic acids is 1. The zero-order chi connectivity index (χ0) is 12.9. The van der Waals surface area contributed by atoms with E-state index in [9.17, 15) is 14.7 Å². The van der Waals surface area contributed by atoms with Gasteiger partial charge in [-0.25, -0.2) is 4.79 Å². The van der Waals surface area contributed by atoms with Crippen LogP contribution in [-0.4, -0.2) is 28.3 Å². The lowest BCUT2D eigenvalue weighted by molar-refractivity contribution is -0.146. The second-order valence-corrected chi connectivity index (χ2v) is 4.21.